The number of nitrogens with one attached hydrogen (secondary N) is 2. The molecule has 0 spiro atoms. The van der Waals surface area contributed by atoms with Crippen molar-refractivity contribution in [3.8, 4) is 6.07 Å². The third kappa shape index (κ3) is 2.44. The molecule has 2 heterocycles. The third-order valence-electron chi connectivity index (χ3n) is 4.76. The summed E-state index contributed by atoms with van der Waals surface area (Å²) in [5, 5.41) is 12.6. The molecule has 1 aliphatic carbocycles. The maximum Gasteiger partial charge on any atom is 0.314 e. The van der Waals surface area contributed by atoms with E-state index >= 15 is 0 Å². The molecule has 1 saturated heterocycles. The second-order valence-electron chi connectivity index (χ2n) is 6.39. The van der Waals surface area contributed by atoms with Crippen molar-refractivity contribution in [2.45, 2.75) is 12.1 Å². The molecule has 1 fully saturated rings. The number of nitriles is 1. The lowest BCUT2D eigenvalue weighted by molar-refractivity contribution is -0.526. The van der Waals surface area contributed by atoms with Crippen LogP contribution in [0.1, 0.15) is 11.1 Å². The fourth-order valence-corrected chi connectivity index (χ4v) is 3.32. The molecule has 2 amide bonds. The first-order valence-electron chi connectivity index (χ1n) is 7.98. The number of rotatable bonds is 3. The van der Waals surface area contributed by atoms with Crippen LogP contribution in [-0.2, 0) is 0 Å². The van der Waals surface area contributed by atoms with E-state index in [1.165, 1.54) is 0 Å². The van der Waals surface area contributed by atoms with Gasteiger partial charge in [-0.2, -0.15) is 5.26 Å². The van der Waals surface area contributed by atoms with Crippen LogP contribution >= 0.6 is 0 Å². The molecular formula is C18H18N5O+. The molecule has 2 aliphatic heterocycles. The molecule has 3 aliphatic rings. The second kappa shape index (κ2) is 5.53. The fourth-order valence-electron chi connectivity index (χ4n) is 3.32. The minimum Gasteiger partial charge on any atom is -0.377 e. The van der Waals surface area contributed by atoms with E-state index < -0.39 is 0 Å². The number of primary amides is 1. The summed E-state index contributed by atoms with van der Waals surface area (Å²) in [7, 11) is 0. The molecule has 0 bridgehead atoms. The first-order valence-corrected chi connectivity index (χ1v) is 7.98. The average Bonchev–Trinajstić information content (AvgIpc) is 2.51. The van der Waals surface area contributed by atoms with Gasteiger partial charge in [0.1, 0.15) is 5.92 Å². The third-order valence-corrected chi connectivity index (χ3v) is 4.76. The monoisotopic (exact) mass is 320 g/mol. The van der Waals surface area contributed by atoms with Gasteiger partial charge in [0.2, 0.25) is 6.04 Å². The lowest BCUT2D eigenvalue weighted by atomic mass is 9.83. The average molecular weight is 320 g/mol. The van der Waals surface area contributed by atoms with Crippen molar-refractivity contribution >= 4 is 17.8 Å². The van der Waals surface area contributed by atoms with Crippen LogP contribution in [0, 0.1) is 17.2 Å². The standard InChI is InChI=1S/C18H17N5O/c19-7-11-2-1-3-12(4-11)13-5-14-8-21-17(14)16(6-13)22-15-9-23(10-15)18(20)24/h1-6,8,14-15,17,22H,9-10H2,(H2,20,24)/p+1. The molecule has 6 heteroatoms. The van der Waals surface area contributed by atoms with Gasteiger partial charge < -0.3 is 16.0 Å². The summed E-state index contributed by atoms with van der Waals surface area (Å²) in [5.41, 5.74) is 9.20. The van der Waals surface area contributed by atoms with E-state index in [4.69, 9.17) is 11.0 Å². The molecule has 0 aromatic heterocycles. The van der Waals surface area contributed by atoms with Crippen LogP contribution in [0.15, 0.2) is 42.1 Å². The molecule has 1 aromatic rings. The van der Waals surface area contributed by atoms with Crippen molar-refractivity contribution in [1.82, 2.24) is 10.2 Å². The van der Waals surface area contributed by atoms with Crippen molar-refractivity contribution in [2.24, 2.45) is 11.7 Å². The number of hydrogen-bond donors (Lipinski definition) is 3. The number of allylic oxidation sites excluding steroid dienone is 2. The zero-order valence-electron chi connectivity index (χ0n) is 13.1. The summed E-state index contributed by atoms with van der Waals surface area (Å²) in [4.78, 5) is 16.0. The highest BCUT2D eigenvalue weighted by molar-refractivity contribution is 5.82. The van der Waals surface area contributed by atoms with Crippen LogP contribution in [0.25, 0.3) is 5.57 Å². The molecule has 120 valence electrons. The molecule has 4 N–H and O–H groups in total. The normalized spacial score (nSPS) is 24.7. The Morgan fingerprint density at radius 2 is 2.25 bits per heavy atom. The second-order valence-corrected chi connectivity index (χ2v) is 6.39. The van der Waals surface area contributed by atoms with Gasteiger partial charge in [-0.3, -0.25) is 0 Å². The highest BCUT2D eigenvalue weighted by Gasteiger charge is 2.40. The first kappa shape index (κ1) is 14.5. The van der Waals surface area contributed by atoms with Crippen LogP contribution in [0.2, 0.25) is 0 Å². The van der Waals surface area contributed by atoms with E-state index in [2.05, 4.69) is 34.7 Å². The van der Waals surface area contributed by atoms with Gasteiger partial charge in [0.15, 0.2) is 6.21 Å². The summed E-state index contributed by atoms with van der Waals surface area (Å²) in [6, 6.07) is 9.95. The zero-order chi connectivity index (χ0) is 16.7. The summed E-state index contributed by atoms with van der Waals surface area (Å²) in [5.74, 6) is 0.338. The Morgan fingerprint density at radius 1 is 1.42 bits per heavy atom. The topological polar surface area (TPSA) is 96.1 Å². The Bertz CT molecular complexity index is 826. The molecule has 2 unspecified atom stereocenters. The van der Waals surface area contributed by atoms with E-state index in [9.17, 15) is 4.79 Å². The number of hydrogen-bond acceptors (Lipinski definition) is 3. The van der Waals surface area contributed by atoms with Crippen LogP contribution in [-0.4, -0.2) is 42.3 Å². The lowest BCUT2D eigenvalue weighted by Crippen LogP contribution is -2.89. The number of nitrogens with zero attached hydrogens (tertiary/aromatic N) is 2. The molecule has 4 rings (SSSR count). The van der Waals surface area contributed by atoms with Crippen molar-refractivity contribution in [3.05, 3.63) is 53.2 Å². The number of likely N-dealkylation sites (tertiary alicyclic amines) is 1. The van der Waals surface area contributed by atoms with Gasteiger partial charge in [-0.05, 0) is 29.3 Å². The van der Waals surface area contributed by atoms with Crippen LogP contribution in [0.5, 0.6) is 0 Å². The Morgan fingerprint density at radius 3 is 2.92 bits per heavy atom. The Kier molecular flexibility index (Phi) is 3.35. The molecule has 0 saturated carbocycles. The largest absolute Gasteiger partial charge is 0.377 e. The Hall–Kier alpha value is -3.07. The lowest BCUT2D eigenvalue weighted by Gasteiger charge is -2.40. The summed E-state index contributed by atoms with van der Waals surface area (Å²) in [6.45, 7) is 1.27. The maximum absolute atomic E-state index is 11.1. The minimum absolute atomic E-state index is 0.233. The molecule has 1 aromatic carbocycles. The zero-order valence-corrected chi connectivity index (χ0v) is 13.1. The van der Waals surface area contributed by atoms with Crippen molar-refractivity contribution < 1.29 is 9.79 Å². The quantitative estimate of drug-likeness (QED) is 0.690. The summed E-state index contributed by atoms with van der Waals surface area (Å²) >= 11 is 0. The van der Waals surface area contributed by atoms with Gasteiger partial charge >= 0.3 is 6.03 Å². The number of fused-ring (bicyclic) bond motifs is 1. The number of benzene rings is 1. The molecular weight excluding hydrogens is 302 g/mol. The first-order chi connectivity index (χ1) is 11.6. The SMILES string of the molecule is N#Cc1cccc(C2=CC3C=[NH+]C3C(NC3CN(C(N)=O)C3)=C2)c1. The minimum atomic E-state index is -0.368. The number of urea groups is 1. The van der Waals surface area contributed by atoms with Gasteiger partial charge in [-0.15, -0.1) is 0 Å². The van der Waals surface area contributed by atoms with Gasteiger partial charge in [-0.1, -0.05) is 18.2 Å². The molecule has 2 atom stereocenters. The van der Waals surface area contributed by atoms with Crippen LogP contribution in [0.4, 0.5) is 4.79 Å². The number of nitrogens with two attached hydrogens (primary N) is 1. The predicted octanol–water partition coefficient (Wildman–Crippen LogP) is -0.659. The van der Waals surface area contributed by atoms with Crippen molar-refractivity contribution in [2.75, 3.05) is 13.1 Å². The highest BCUT2D eigenvalue weighted by Crippen LogP contribution is 2.28. The summed E-state index contributed by atoms with van der Waals surface area (Å²) < 4.78 is 0. The van der Waals surface area contributed by atoms with Crippen molar-refractivity contribution in [1.29, 1.82) is 5.26 Å². The van der Waals surface area contributed by atoms with E-state index in [1.54, 1.807) is 4.90 Å². The van der Waals surface area contributed by atoms with Gasteiger partial charge in [0.25, 0.3) is 0 Å². The predicted molar refractivity (Wildman–Crippen MR) is 89.6 cm³/mol. The molecule has 0 radical (unpaired) electrons. The van der Waals surface area contributed by atoms with E-state index in [0.717, 1.165) is 16.8 Å². The van der Waals surface area contributed by atoms with Gasteiger partial charge in [0.05, 0.1) is 23.4 Å². The van der Waals surface area contributed by atoms with Gasteiger partial charge in [-0.25, -0.2) is 9.79 Å². The Balaban J connectivity index is 1.55. The highest BCUT2D eigenvalue weighted by atomic mass is 16.2. The van der Waals surface area contributed by atoms with E-state index in [1.807, 2.05) is 24.3 Å². The van der Waals surface area contributed by atoms with E-state index in [0.29, 0.717) is 24.6 Å². The number of carbonyl (C=O) groups excluding carboxylic acids is 1. The van der Waals surface area contributed by atoms with Crippen LogP contribution < -0.4 is 16.0 Å². The fraction of sp³-hybridized carbons (Fsp3) is 0.278. The summed E-state index contributed by atoms with van der Waals surface area (Å²) in [6.07, 6.45) is 6.42. The molecule has 24 heavy (non-hydrogen) atoms. The van der Waals surface area contributed by atoms with Gasteiger partial charge in [0, 0.05) is 13.1 Å². The molecule has 6 nitrogen and oxygen atoms in total. The Labute approximate surface area is 140 Å². The number of carbonyl (C=O) groups is 1. The maximum atomic E-state index is 11.1. The number of amides is 2. The van der Waals surface area contributed by atoms with E-state index in [-0.39, 0.29) is 18.1 Å². The van der Waals surface area contributed by atoms with Crippen LogP contribution in [0.3, 0.4) is 0 Å². The van der Waals surface area contributed by atoms with Crippen molar-refractivity contribution in [3.63, 3.8) is 0 Å². The smallest absolute Gasteiger partial charge is 0.314 e.